The first-order valence-corrected chi connectivity index (χ1v) is 11.0. The highest BCUT2D eigenvalue weighted by Gasteiger charge is 2.28. The Bertz CT molecular complexity index is 753. The lowest BCUT2D eigenvalue weighted by molar-refractivity contribution is 0.0981. The maximum atomic E-state index is 12.1. The van der Waals surface area contributed by atoms with E-state index in [1.54, 1.807) is 18.2 Å². The summed E-state index contributed by atoms with van der Waals surface area (Å²) in [4.78, 5) is 12.1. The predicted octanol–water partition coefficient (Wildman–Crippen LogP) is 3.87. The van der Waals surface area contributed by atoms with Gasteiger partial charge in [0.1, 0.15) is 5.75 Å². The molecule has 1 saturated carbocycles. The molecule has 2 atom stereocenters. The van der Waals surface area contributed by atoms with Crippen LogP contribution in [0.3, 0.4) is 0 Å². The van der Waals surface area contributed by atoms with Crippen molar-refractivity contribution in [2.45, 2.75) is 45.4 Å². The Morgan fingerprint density at radius 1 is 1.42 bits per heavy atom. The molecular formula is C20H29NO4S. The van der Waals surface area contributed by atoms with Gasteiger partial charge in [0.15, 0.2) is 0 Å². The van der Waals surface area contributed by atoms with Crippen LogP contribution in [-0.2, 0) is 10.0 Å². The zero-order valence-corrected chi connectivity index (χ0v) is 16.6. The van der Waals surface area contributed by atoms with Crippen LogP contribution in [0.4, 0.5) is 0 Å². The molecule has 2 rings (SSSR count). The molecule has 1 aromatic carbocycles. The summed E-state index contributed by atoms with van der Waals surface area (Å²) in [5.74, 6) is 1.52. The van der Waals surface area contributed by atoms with E-state index >= 15 is 0 Å². The molecule has 0 spiro atoms. The molecule has 26 heavy (non-hydrogen) atoms. The van der Waals surface area contributed by atoms with Crippen LogP contribution in [0.25, 0.3) is 0 Å². The van der Waals surface area contributed by atoms with E-state index in [1.165, 1.54) is 0 Å². The summed E-state index contributed by atoms with van der Waals surface area (Å²) in [5.41, 5.74) is 1.34. The predicted molar refractivity (Wildman–Crippen MR) is 104 cm³/mol. The largest absolute Gasteiger partial charge is 0.493 e. The third-order valence-electron chi connectivity index (χ3n) is 4.87. The molecule has 5 nitrogen and oxygen atoms in total. The molecule has 2 unspecified atom stereocenters. The second kappa shape index (κ2) is 8.71. The summed E-state index contributed by atoms with van der Waals surface area (Å²) < 4.78 is 30.6. The van der Waals surface area contributed by atoms with Crippen LogP contribution >= 0.6 is 0 Å². The first kappa shape index (κ1) is 20.5. The number of nitrogens with one attached hydrogen (secondary N) is 1. The van der Waals surface area contributed by atoms with Gasteiger partial charge in [-0.3, -0.25) is 4.79 Å². The topological polar surface area (TPSA) is 72.5 Å². The SMILES string of the molecule is C=CCC(CC)C(C)COc1ccc(C(=O)NS(C)(=O)=O)cc1C1CC1. The Morgan fingerprint density at radius 2 is 2.12 bits per heavy atom. The third kappa shape index (κ3) is 5.87. The molecule has 1 aliphatic carbocycles. The lowest BCUT2D eigenvalue weighted by atomic mass is 9.89. The highest BCUT2D eigenvalue weighted by Crippen LogP contribution is 2.44. The van der Waals surface area contributed by atoms with Crippen LogP contribution in [0.5, 0.6) is 5.75 Å². The van der Waals surface area contributed by atoms with E-state index in [-0.39, 0.29) is 0 Å². The third-order valence-corrected chi connectivity index (χ3v) is 5.42. The Labute approximate surface area is 156 Å². The van der Waals surface area contributed by atoms with Crippen molar-refractivity contribution in [1.82, 2.24) is 4.72 Å². The van der Waals surface area contributed by atoms with E-state index in [1.807, 2.05) is 10.8 Å². The number of benzene rings is 1. The number of rotatable bonds is 10. The van der Waals surface area contributed by atoms with Crippen LogP contribution in [0.1, 0.15) is 61.4 Å². The number of amides is 1. The number of carbonyl (C=O) groups is 1. The summed E-state index contributed by atoms with van der Waals surface area (Å²) in [6, 6.07) is 5.17. The van der Waals surface area contributed by atoms with Crippen molar-refractivity contribution in [2.75, 3.05) is 12.9 Å². The van der Waals surface area contributed by atoms with Crippen molar-refractivity contribution < 1.29 is 17.9 Å². The number of hydrogen-bond donors (Lipinski definition) is 1. The van der Waals surface area contributed by atoms with Crippen LogP contribution in [0.15, 0.2) is 30.9 Å². The van der Waals surface area contributed by atoms with Gasteiger partial charge in [-0.2, -0.15) is 0 Å². The highest BCUT2D eigenvalue weighted by atomic mass is 32.2. The summed E-state index contributed by atoms with van der Waals surface area (Å²) >= 11 is 0. The second-order valence-electron chi connectivity index (χ2n) is 7.21. The van der Waals surface area contributed by atoms with E-state index < -0.39 is 15.9 Å². The Morgan fingerprint density at radius 3 is 2.65 bits per heavy atom. The molecule has 144 valence electrons. The van der Waals surface area contributed by atoms with E-state index in [2.05, 4.69) is 20.4 Å². The molecule has 6 heteroatoms. The molecule has 0 radical (unpaired) electrons. The second-order valence-corrected chi connectivity index (χ2v) is 8.96. The van der Waals surface area contributed by atoms with Gasteiger partial charge in [-0.15, -0.1) is 6.58 Å². The van der Waals surface area contributed by atoms with Gasteiger partial charge in [-0.1, -0.05) is 26.3 Å². The maximum Gasteiger partial charge on any atom is 0.264 e. The van der Waals surface area contributed by atoms with Crippen molar-refractivity contribution >= 4 is 15.9 Å². The van der Waals surface area contributed by atoms with Crippen molar-refractivity contribution in [1.29, 1.82) is 0 Å². The summed E-state index contributed by atoms with van der Waals surface area (Å²) in [7, 11) is -3.58. The zero-order valence-electron chi connectivity index (χ0n) is 15.8. The van der Waals surface area contributed by atoms with Gasteiger partial charge in [-0.25, -0.2) is 13.1 Å². The van der Waals surface area contributed by atoms with Gasteiger partial charge < -0.3 is 4.74 Å². The average molecular weight is 380 g/mol. The highest BCUT2D eigenvalue weighted by molar-refractivity contribution is 7.89. The minimum absolute atomic E-state index is 0.343. The van der Waals surface area contributed by atoms with Crippen molar-refractivity contribution in [3.63, 3.8) is 0 Å². The fraction of sp³-hybridized carbons (Fsp3) is 0.550. The normalized spacial score (nSPS) is 16.6. The number of carbonyl (C=O) groups excluding carboxylic acids is 1. The zero-order chi connectivity index (χ0) is 19.3. The van der Waals surface area contributed by atoms with Gasteiger partial charge in [0.2, 0.25) is 10.0 Å². The molecular weight excluding hydrogens is 350 g/mol. The monoisotopic (exact) mass is 379 g/mol. The molecule has 0 saturated heterocycles. The molecule has 0 aliphatic heterocycles. The van der Waals surface area contributed by atoms with E-state index in [0.29, 0.717) is 29.9 Å². The molecule has 1 amide bonds. The standard InChI is InChI=1S/C20H29NO4S/c1-5-7-15(6-2)14(3)13-25-19-11-10-17(12-18(19)16-8-9-16)20(22)21-26(4,23)24/h5,10-12,14-16H,1,6-9,13H2,2-4H3,(H,21,22). The van der Waals surface area contributed by atoms with E-state index in [0.717, 1.165) is 43.3 Å². The molecule has 0 aromatic heterocycles. The van der Waals surface area contributed by atoms with Gasteiger partial charge in [0.25, 0.3) is 5.91 Å². The Balaban J connectivity index is 2.11. The number of ether oxygens (including phenoxy) is 1. The van der Waals surface area contributed by atoms with Crippen molar-refractivity contribution in [3.05, 3.63) is 42.0 Å². The van der Waals surface area contributed by atoms with Gasteiger partial charge >= 0.3 is 0 Å². The summed E-state index contributed by atoms with van der Waals surface area (Å²) in [5, 5.41) is 0. The molecule has 0 bridgehead atoms. The van der Waals surface area contributed by atoms with Crippen LogP contribution in [0, 0.1) is 11.8 Å². The number of hydrogen-bond acceptors (Lipinski definition) is 4. The molecule has 1 fully saturated rings. The fourth-order valence-corrected chi connectivity index (χ4v) is 3.59. The van der Waals surface area contributed by atoms with E-state index in [9.17, 15) is 13.2 Å². The smallest absolute Gasteiger partial charge is 0.264 e. The minimum Gasteiger partial charge on any atom is -0.493 e. The summed E-state index contributed by atoms with van der Waals surface area (Å²) in [6.45, 7) is 8.80. The lowest BCUT2D eigenvalue weighted by Gasteiger charge is -2.22. The Hall–Kier alpha value is -1.82. The van der Waals surface area contributed by atoms with Crippen LogP contribution in [-0.4, -0.2) is 27.2 Å². The summed E-state index contributed by atoms with van der Waals surface area (Å²) in [6.07, 6.45) is 7.11. The Kier molecular flexibility index (Phi) is 6.87. The molecule has 0 heterocycles. The molecule has 1 aliphatic rings. The van der Waals surface area contributed by atoms with Gasteiger partial charge in [0.05, 0.1) is 12.9 Å². The number of allylic oxidation sites excluding steroid dienone is 1. The van der Waals surface area contributed by atoms with E-state index in [4.69, 9.17) is 4.74 Å². The van der Waals surface area contributed by atoms with Crippen LogP contribution in [0.2, 0.25) is 0 Å². The molecule has 1 aromatic rings. The van der Waals surface area contributed by atoms with Gasteiger partial charge in [-0.05, 0) is 60.8 Å². The number of sulfonamides is 1. The van der Waals surface area contributed by atoms with Crippen molar-refractivity contribution in [3.8, 4) is 5.75 Å². The quantitative estimate of drug-likeness (QED) is 0.626. The average Bonchev–Trinajstić information content (AvgIpc) is 3.40. The van der Waals surface area contributed by atoms with Gasteiger partial charge in [0, 0.05) is 5.56 Å². The lowest BCUT2D eigenvalue weighted by Crippen LogP contribution is -2.29. The first-order chi connectivity index (χ1) is 12.2. The fourth-order valence-electron chi connectivity index (χ4n) is 3.13. The van der Waals surface area contributed by atoms with Crippen LogP contribution < -0.4 is 9.46 Å². The minimum atomic E-state index is -3.58. The first-order valence-electron chi connectivity index (χ1n) is 9.14. The molecule has 1 N–H and O–H groups in total. The van der Waals surface area contributed by atoms with Crippen molar-refractivity contribution in [2.24, 2.45) is 11.8 Å². The maximum absolute atomic E-state index is 12.1.